The van der Waals surface area contributed by atoms with E-state index in [0.717, 1.165) is 58.1 Å². The molecule has 2 aromatic carbocycles. The lowest BCUT2D eigenvalue weighted by atomic mass is 9.79. The quantitative estimate of drug-likeness (QED) is 0.0551. The number of aliphatic hydroxyl groups is 2. The summed E-state index contributed by atoms with van der Waals surface area (Å²) in [4.78, 5) is 41.1. The standard InChI is InChI=1S/C56H82N14O5/c1-32-21-42-38(34(3)25-55(13,14)67(42)17-19-71)23-40(32)59-45-47(53(7,8)9)63-69-51(45)61-49(65-69)36(5)27-57-30-75-31-74-29-44(73)58-28-37(6)50-62-52-46(48(54(10,11)12)64-70(52)66-50)60-41-24-39-35(4)26-56(15,16)68(18-20-72)43(39)22-33(41)2/h21-24,34-37,57,71-72H,17-20,25-31H2,1-16H3,(H,58,73). The van der Waals surface area contributed by atoms with Crippen LogP contribution in [0.15, 0.2) is 44.5 Å². The number of ether oxygens (including phenoxy) is 2. The molecule has 4 unspecified atom stereocenters. The number of aliphatic imine (C=N–C) groups is 2. The number of β-amino-alcohol motifs (C(OH)–C–C–N with tert-alkyl or cyclic N) is 2. The summed E-state index contributed by atoms with van der Waals surface area (Å²) in [7, 11) is 0. The number of nitrogens with one attached hydrogen (secondary N) is 2. The van der Waals surface area contributed by atoms with Crippen LogP contribution < -0.4 is 20.4 Å². The van der Waals surface area contributed by atoms with Crippen LogP contribution in [0.25, 0.3) is 0 Å². The number of nitrogens with zero attached hydrogens (tertiary/aromatic N) is 12. The number of aromatic nitrogens is 6. The molecule has 4 atom stereocenters. The number of carbonyl (C=O) groups excluding carboxylic acids is 1. The largest absolute Gasteiger partial charge is 0.395 e. The van der Waals surface area contributed by atoms with Crippen LogP contribution in [0.5, 0.6) is 0 Å². The highest BCUT2D eigenvalue weighted by Crippen LogP contribution is 2.47. The van der Waals surface area contributed by atoms with Crippen LogP contribution in [0.3, 0.4) is 0 Å². The molecule has 4 aromatic rings. The predicted octanol–water partition coefficient (Wildman–Crippen LogP) is 7.99. The van der Waals surface area contributed by atoms with Gasteiger partial charge in [-0.15, -0.1) is 19.8 Å². The van der Waals surface area contributed by atoms with Gasteiger partial charge in [0.15, 0.2) is 11.6 Å². The Morgan fingerprint density at radius 1 is 0.720 bits per heavy atom. The fourth-order valence-corrected chi connectivity index (χ4v) is 11.1. The normalized spacial score (nSPS) is 20.7. The van der Waals surface area contributed by atoms with E-state index in [0.29, 0.717) is 72.7 Å². The molecule has 19 nitrogen and oxygen atoms in total. The average molecular weight is 1030 g/mol. The van der Waals surface area contributed by atoms with E-state index >= 15 is 0 Å². The maximum Gasteiger partial charge on any atom is 0.246 e. The molecule has 0 bridgehead atoms. The third-order valence-electron chi connectivity index (χ3n) is 15.0. The lowest BCUT2D eigenvalue weighted by molar-refractivity contribution is -0.132. The van der Waals surface area contributed by atoms with Crippen LogP contribution in [0.2, 0.25) is 0 Å². The zero-order valence-corrected chi connectivity index (χ0v) is 47.4. The second-order valence-corrected chi connectivity index (χ2v) is 24.5. The lowest BCUT2D eigenvalue weighted by Crippen LogP contribution is -2.49. The number of anilines is 2. The Morgan fingerprint density at radius 2 is 1.16 bits per heavy atom. The highest BCUT2D eigenvalue weighted by Gasteiger charge is 2.41. The van der Waals surface area contributed by atoms with Crippen molar-refractivity contribution in [3.8, 4) is 0 Å². The maximum atomic E-state index is 12.9. The minimum atomic E-state index is -0.323. The number of aryl methyl sites for hydroxylation is 2. The number of rotatable bonds is 18. The molecular weight excluding hydrogens is 949 g/mol. The summed E-state index contributed by atoms with van der Waals surface area (Å²) in [6.45, 7) is 36.5. The monoisotopic (exact) mass is 1030 g/mol. The van der Waals surface area contributed by atoms with Gasteiger partial charge in [-0.05, 0) is 113 Å². The first-order valence-electron chi connectivity index (χ1n) is 26.7. The van der Waals surface area contributed by atoms with Crippen molar-refractivity contribution in [1.29, 1.82) is 0 Å². The van der Waals surface area contributed by atoms with Crippen LogP contribution in [-0.2, 0) is 14.3 Å². The van der Waals surface area contributed by atoms with Crippen molar-refractivity contribution < 1.29 is 24.5 Å². The zero-order valence-electron chi connectivity index (χ0n) is 47.4. The third kappa shape index (κ3) is 11.5. The molecule has 2 aromatic heterocycles. The summed E-state index contributed by atoms with van der Waals surface area (Å²) in [5.41, 5.74) is 10.8. The summed E-state index contributed by atoms with van der Waals surface area (Å²) in [5, 5.41) is 45.4. The van der Waals surface area contributed by atoms with Crippen LogP contribution in [0.1, 0.15) is 179 Å². The van der Waals surface area contributed by atoms with Crippen molar-refractivity contribution in [2.24, 2.45) is 31.0 Å². The minimum Gasteiger partial charge on any atom is -0.395 e. The van der Waals surface area contributed by atoms with Crippen molar-refractivity contribution in [3.05, 3.63) is 69.8 Å². The van der Waals surface area contributed by atoms with Gasteiger partial charge < -0.3 is 34.8 Å². The fourth-order valence-electron chi connectivity index (χ4n) is 11.1. The summed E-state index contributed by atoms with van der Waals surface area (Å²) >= 11 is 0. The van der Waals surface area contributed by atoms with Gasteiger partial charge in [0.25, 0.3) is 0 Å². The third-order valence-corrected chi connectivity index (χ3v) is 15.0. The molecule has 1 amide bonds. The molecule has 406 valence electrons. The van der Waals surface area contributed by atoms with E-state index in [2.05, 4.69) is 142 Å². The van der Waals surface area contributed by atoms with E-state index in [1.165, 1.54) is 11.1 Å². The van der Waals surface area contributed by atoms with Crippen molar-refractivity contribution in [1.82, 2.24) is 40.4 Å². The van der Waals surface area contributed by atoms with Gasteiger partial charge in [-0.25, -0.2) is 20.0 Å². The Morgan fingerprint density at radius 3 is 1.59 bits per heavy atom. The molecule has 0 radical (unpaired) electrons. The lowest BCUT2D eigenvalue weighted by Gasteiger charge is -2.47. The number of hydrogen-bond acceptors (Lipinski definition) is 16. The average Bonchev–Trinajstić information content (AvgIpc) is 4.10. The molecule has 4 aliphatic heterocycles. The number of carbonyl (C=O) groups is 1. The van der Waals surface area contributed by atoms with Crippen molar-refractivity contribution >= 4 is 51.5 Å². The number of benzene rings is 2. The minimum absolute atomic E-state index is 0.0697. The first-order valence-corrected chi connectivity index (χ1v) is 26.7. The highest BCUT2D eigenvalue weighted by molar-refractivity contribution is 6.51. The second-order valence-electron chi connectivity index (χ2n) is 24.5. The highest BCUT2D eigenvalue weighted by atomic mass is 16.7. The smallest absolute Gasteiger partial charge is 0.246 e. The summed E-state index contributed by atoms with van der Waals surface area (Å²) in [5.74, 6) is 2.45. The second kappa shape index (κ2) is 21.4. The summed E-state index contributed by atoms with van der Waals surface area (Å²) in [6.07, 6.45) is 1.93. The number of amides is 1. The number of fused-ring (bicyclic) bond motifs is 4. The number of hydrogen-bond donors (Lipinski definition) is 4. The van der Waals surface area contributed by atoms with Gasteiger partial charge in [0, 0.05) is 71.3 Å². The van der Waals surface area contributed by atoms with E-state index in [1.807, 2.05) is 13.8 Å². The fraction of sp³-hybridized carbons (Fsp3) is 0.625. The van der Waals surface area contributed by atoms with Crippen LogP contribution >= 0.6 is 0 Å². The van der Waals surface area contributed by atoms with Gasteiger partial charge in [-0.3, -0.25) is 10.1 Å². The molecule has 4 N–H and O–H groups in total. The summed E-state index contributed by atoms with van der Waals surface area (Å²) in [6, 6.07) is 8.80. The molecule has 8 rings (SSSR count). The van der Waals surface area contributed by atoms with Gasteiger partial charge in [0.1, 0.15) is 24.8 Å². The predicted molar refractivity (Wildman–Crippen MR) is 297 cm³/mol. The Hall–Kier alpha value is -5.73. The Balaban J connectivity index is 0.826. The summed E-state index contributed by atoms with van der Waals surface area (Å²) < 4.78 is 11.2. The van der Waals surface area contributed by atoms with Crippen LogP contribution in [-0.4, -0.2) is 139 Å². The first-order chi connectivity index (χ1) is 35.2. The van der Waals surface area contributed by atoms with E-state index < -0.39 is 0 Å². The van der Waals surface area contributed by atoms with Crippen molar-refractivity contribution in [3.63, 3.8) is 0 Å². The van der Waals surface area contributed by atoms with Gasteiger partial charge in [-0.2, -0.15) is 10.2 Å². The Kier molecular flexibility index (Phi) is 15.8. The van der Waals surface area contributed by atoms with E-state index in [-0.39, 0.29) is 73.0 Å². The Labute approximate surface area is 443 Å². The molecular formula is C56H82N14O5. The molecule has 19 heteroatoms. The van der Waals surface area contributed by atoms with E-state index in [9.17, 15) is 15.0 Å². The molecule has 4 aliphatic rings. The van der Waals surface area contributed by atoms with Gasteiger partial charge in [-0.1, -0.05) is 69.2 Å². The van der Waals surface area contributed by atoms with Crippen molar-refractivity contribution in [2.45, 2.75) is 158 Å². The van der Waals surface area contributed by atoms with Gasteiger partial charge in [0.2, 0.25) is 17.6 Å². The molecule has 75 heavy (non-hydrogen) atoms. The molecule has 0 spiro atoms. The number of aliphatic hydroxyl groups excluding tert-OH is 2. The zero-order chi connectivity index (χ0) is 54.5. The van der Waals surface area contributed by atoms with Gasteiger partial charge >= 0.3 is 0 Å². The molecule has 6 heterocycles. The molecule has 0 saturated carbocycles. The molecule has 0 saturated heterocycles. The van der Waals surface area contributed by atoms with Crippen LogP contribution in [0, 0.1) is 24.7 Å². The van der Waals surface area contributed by atoms with Crippen molar-refractivity contribution in [2.75, 3.05) is 69.3 Å². The SMILES string of the molecule is Cc1cc2c(cc1N=C1C(C(C)(C)C)=Nn3nc(C(C)CNCOCOCC(=O)NCC(C)c4nc5n(n4)N=C(C(C)(C)C)C5=Nc4cc5c(cc4C)N(CCO)C(C)(C)CC5C)nc31)C(C)CC(C)(C)N2CCO. The topological polar surface area (TPSA) is 217 Å². The Bertz CT molecular complexity index is 2910. The van der Waals surface area contributed by atoms with E-state index in [4.69, 9.17) is 49.8 Å². The van der Waals surface area contributed by atoms with E-state index in [1.54, 1.807) is 9.58 Å². The van der Waals surface area contributed by atoms with Gasteiger partial charge in [0.05, 0.1) is 42.7 Å². The molecule has 0 fully saturated rings. The maximum absolute atomic E-state index is 12.9. The molecule has 0 aliphatic carbocycles. The first kappa shape index (κ1) is 55.5. The van der Waals surface area contributed by atoms with Crippen LogP contribution in [0.4, 0.5) is 22.7 Å².